The van der Waals surface area contributed by atoms with E-state index < -0.39 is 5.82 Å². The number of hydrogen-bond acceptors (Lipinski definition) is 2. The number of hydrogen-bond donors (Lipinski definition) is 1. The van der Waals surface area contributed by atoms with Crippen LogP contribution in [0, 0.1) is 5.82 Å². The third-order valence-corrected chi connectivity index (χ3v) is 2.10. The number of rotatable bonds is 3. The van der Waals surface area contributed by atoms with Crippen molar-refractivity contribution in [3.63, 3.8) is 0 Å². The highest BCUT2D eigenvalue weighted by Gasteiger charge is 2.13. The minimum Gasteiger partial charge on any atom is -0.494 e. The van der Waals surface area contributed by atoms with Crippen molar-refractivity contribution in [3.05, 3.63) is 23.5 Å². The molecule has 0 atom stereocenters. The molecule has 0 heterocycles. The second kappa shape index (κ2) is 4.46. The lowest BCUT2D eigenvalue weighted by atomic mass is 9.84. The Balaban J connectivity index is 3.24. The number of methoxy groups -OCH3 is 1. The van der Waals surface area contributed by atoms with E-state index in [0.717, 1.165) is 13.0 Å². The first kappa shape index (κ1) is 11.1. The highest BCUT2D eigenvalue weighted by molar-refractivity contribution is 6.47. The molecule has 0 aliphatic heterocycles. The van der Waals surface area contributed by atoms with Crippen molar-refractivity contribution in [2.75, 3.05) is 7.11 Å². The minimum atomic E-state index is -0.445. The second-order valence-electron chi connectivity index (χ2n) is 3.41. The van der Waals surface area contributed by atoms with E-state index in [1.165, 1.54) is 13.2 Å². The summed E-state index contributed by atoms with van der Waals surface area (Å²) in [6.07, 6.45) is 0. The highest BCUT2D eigenvalue weighted by Crippen LogP contribution is 2.20. The number of benzene rings is 1. The van der Waals surface area contributed by atoms with E-state index in [9.17, 15) is 4.39 Å². The van der Waals surface area contributed by atoms with Gasteiger partial charge in [0.2, 0.25) is 0 Å². The van der Waals surface area contributed by atoms with Gasteiger partial charge in [0.25, 0.3) is 0 Å². The zero-order valence-electron chi connectivity index (χ0n) is 8.54. The maximum absolute atomic E-state index is 13.4. The molecule has 1 aromatic carbocycles. The lowest BCUT2D eigenvalue weighted by molar-refractivity contribution is 0.389. The molecule has 0 aliphatic carbocycles. The third kappa shape index (κ3) is 2.07. The molecular weight excluding hydrogens is 182 g/mol. The van der Waals surface area contributed by atoms with Crippen LogP contribution >= 0.6 is 0 Å². The van der Waals surface area contributed by atoms with E-state index in [1.54, 1.807) is 6.07 Å². The highest BCUT2D eigenvalue weighted by atomic mass is 19.1. The maximum atomic E-state index is 13.4. The number of ether oxygens (including phenoxy) is 1. The Bertz CT molecular complexity index is 326. The van der Waals surface area contributed by atoms with Gasteiger partial charge in [-0.2, -0.15) is 0 Å². The average molecular weight is 195 g/mol. The Morgan fingerprint density at radius 3 is 2.50 bits per heavy atom. The van der Waals surface area contributed by atoms with Crippen molar-refractivity contribution < 1.29 is 14.2 Å². The molecule has 14 heavy (non-hydrogen) atoms. The maximum Gasteiger partial charge on any atom is 0.330 e. The first-order valence-electron chi connectivity index (χ1n) is 4.45. The van der Waals surface area contributed by atoms with Gasteiger partial charge in [-0.15, -0.1) is 0 Å². The number of halogens is 1. The summed E-state index contributed by atoms with van der Waals surface area (Å²) in [5, 5.41) is 8.91. The Hall–Kier alpha value is -1.03. The average Bonchev–Trinajstić information content (AvgIpc) is 2.16. The first-order chi connectivity index (χ1) is 6.60. The molecule has 1 aromatic rings. The van der Waals surface area contributed by atoms with Gasteiger partial charge in [-0.3, -0.25) is 0 Å². The van der Waals surface area contributed by atoms with Gasteiger partial charge in [0.1, 0.15) is 0 Å². The molecule has 0 bridgehead atoms. The summed E-state index contributed by atoms with van der Waals surface area (Å²) < 4.78 is 18.2. The molecule has 0 aliphatic rings. The normalized spacial score (nSPS) is 10.4. The third-order valence-electron chi connectivity index (χ3n) is 2.10. The van der Waals surface area contributed by atoms with Gasteiger partial charge in [0.05, 0.1) is 7.11 Å². The quantitative estimate of drug-likeness (QED) is 0.734. The molecule has 0 amide bonds. The van der Waals surface area contributed by atoms with E-state index in [4.69, 9.17) is 9.76 Å². The van der Waals surface area contributed by atoms with Gasteiger partial charge in [-0.05, 0) is 23.0 Å². The standard InChI is InChI=1S/C10H13BFO2/c1-6(2)7-4-8(11-13)10(14-3)9(12)5-7/h4-6,13H,1-3H3. The lowest BCUT2D eigenvalue weighted by Crippen LogP contribution is -2.19. The van der Waals surface area contributed by atoms with E-state index in [1.807, 2.05) is 13.8 Å². The fourth-order valence-corrected chi connectivity index (χ4v) is 1.28. The molecular formula is C10H13BFO2. The van der Waals surface area contributed by atoms with Crippen molar-refractivity contribution in [1.29, 1.82) is 0 Å². The smallest absolute Gasteiger partial charge is 0.330 e. The van der Waals surface area contributed by atoms with Crippen LogP contribution < -0.4 is 10.2 Å². The van der Waals surface area contributed by atoms with E-state index in [0.29, 0.717) is 5.46 Å². The molecule has 1 radical (unpaired) electrons. The Morgan fingerprint density at radius 2 is 2.07 bits per heavy atom. The van der Waals surface area contributed by atoms with Crippen molar-refractivity contribution in [3.8, 4) is 5.75 Å². The SMILES string of the molecule is COc1c(F)cc(C(C)C)cc1[B]O. The summed E-state index contributed by atoms with van der Waals surface area (Å²) in [6, 6.07) is 3.14. The van der Waals surface area contributed by atoms with Crippen molar-refractivity contribution in [2.45, 2.75) is 19.8 Å². The molecule has 75 valence electrons. The second-order valence-corrected chi connectivity index (χ2v) is 3.41. The van der Waals surface area contributed by atoms with Crippen LogP contribution in [0.5, 0.6) is 5.75 Å². The summed E-state index contributed by atoms with van der Waals surface area (Å²) in [6.45, 7) is 3.92. The zero-order chi connectivity index (χ0) is 10.7. The van der Waals surface area contributed by atoms with Gasteiger partial charge >= 0.3 is 7.48 Å². The van der Waals surface area contributed by atoms with Crippen LogP contribution in [0.25, 0.3) is 0 Å². The predicted molar refractivity (Wildman–Crippen MR) is 54.6 cm³/mol. The van der Waals surface area contributed by atoms with E-state index in [-0.39, 0.29) is 11.7 Å². The molecule has 0 spiro atoms. The summed E-state index contributed by atoms with van der Waals surface area (Å²) in [5.74, 6) is -0.148. The van der Waals surface area contributed by atoms with E-state index >= 15 is 0 Å². The lowest BCUT2D eigenvalue weighted by Gasteiger charge is -2.11. The molecule has 0 saturated carbocycles. The Morgan fingerprint density at radius 1 is 1.43 bits per heavy atom. The van der Waals surface area contributed by atoms with Gasteiger partial charge in [0.15, 0.2) is 11.6 Å². The molecule has 0 aromatic heterocycles. The van der Waals surface area contributed by atoms with Gasteiger partial charge in [-0.25, -0.2) is 4.39 Å². The summed E-state index contributed by atoms with van der Waals surface area (Å²) >= 11 is 0. The molecule has 1 N–H and O–H groups in total. The van der Waals surface area contributed by atoms with Crippen LogP contribution in [-0.2, 0) is 0 Å². The minimum absolute atomic E-state index is 0.0805. The van der Waals surface area contributed by atoms with Crippen molar-refractivity contribution in [2.24, 2.45) is 0 Å². The molecule has 0 saturated heterocycles. The van der Waals surface area contributed by atoms with Gasteiger partial charge < -0.3 is 9.76 Å². The fraction of sp³-hybridized carbons (Fsp3) is 0.400. The van der Waals surface area contributed by atoms with Gasteiger partial charge in [-0.1, -0.05) is 19.9 Å². The molecule has 1 rings (SSSR count). The summed E-state index contributed by atoms with van der Waals surface area (Å²) in [4.78, 5) is 0. The van der Waals surface area contributed by atoms with Crippen molar-refractivity contribution in [1.82, 2.24) is 0 Å². The van der Waals surface area contributed by atoms with Crippen LogP contribution in [0.4, 0.5) is 4.39 Å². The summed E-state index contributed by atoms with van der Waals surface area (Å²) in [5.41, 5.74) is 1.21. The Labute approximate surface area is 84.0 Å². The zero-order valence-corrected chi connectivity index (χ0v) is 8.54. The van der Waals surface area contributed by atoms with Gasteiger partial charge in [0, 0.05) is 0 Å². The van der Waals surface area contributed by atoms with Crippen LogP contribution in [0.15, 0.2) is 12.1 Å². The first-order valence-corrected chi connectivity index (χ1v) is 4.45. The topological polar surface area (TPSA) is 29.5 Å². The molecule has 2 nitrogen and oxygen atoms in total. The van der Waals surface area contributed by atoms with Crippen LogP contribution in [0.1, 0.15) is 25.3 Å². The monoisotopic (exact) mass is 195 g/mol. The summed E-state index contributed by atoms with van der Waals surface area (Å²) in [7, 11) is 2.23. The largest absolute Gasteiger partial charge is 0.494 e. The fourth-order valence-electron chi connectivity index (χ4n) is 1.28. The van der Waals surface area contributed by atoms with Crippen LogP contribution in [0.3, 0.4) is 0 Å². The van der Waals surface area contributed by atoms with E-state index in [2.05, 4.69) is 0 Å². The predicted octanol–water partition coefficient (Wildman–Crippen LogP) is 1.19. The molecule has 4 heteroatoms. The van der Waals surface area contributed by atoms with Crippen LogP contribution in [0.2, 0.25) is 0 Å². The van der Waals surface area contributed by atoms with Crippen molar-refractivity contribution >= 4 is 12.9 Å². The molecule has 0 unspecified atom stereocenters. The Kier molecular flexibility index (Phi) is 3.52. The molecule has 0 fully saturated rings. The van der Waals surface area contributed by atoms with Crippen LogP contribution in [-0.4, -0.2) is 19.6 Å².